The summed E-state index contributed by atoms with van der Waals surface area (Å²) in [4.78, 5) is 11.8. The first-order valence-corrected chi connectivity index (χ1v) is 7.75. The largest absolute Gasteiger partial charge is 0.484 e. The average molecular weight is 299 g/mol. The predicted molar refractivity (Wildman–Crippen MR) is 85.9 cm³/mol. The molecule has 4 nitrogen and oxygen atoms in total. The predicted octanol–water partition coefficient (Wildman–Crippen LogP) is 2.64. The molecule has 0 aliphatic heterocycles. The molecule has 2 aromatic carbocycles. The Labute approximate surface area is 130 Å². The number of hydrogen-bond donors (Lipinski definition) is 2. The maximum atomic E-state index is 11.8. The van der Waals surface area contributed by atoms with Gasteiger partial charge in [0.05, 0.1) is 5.60 Å². The van der Waals surface area contributed by atoms with E-state index in [2.05, 4.69) is 5.32 Å². The maximum Gasteiger partial charge on any atom is 0.258 e. The number of nitrogens with one attached hydrogen (secondary N) is 1. The van der Waals surface area contributed by atoms with Crippen LogP contribution in [0.1, 0.15) is 25.7 Å². The summed E-state index contributed by atoms with van der Waals surface area (Å²) in [7, 11) is 0. The Morgan fingerprint density at radius 2 is 1.86 bits per heavy atom. The number of fused-ring (bicyclic) bond motifs is 1. The van der Waals surface area contributed by atoms with E-state index in [1.54, 1.807) is 0 Å². The second kappa shape index (κ2) is 6.36. The standard InChI is InChI=1S/C18H21NO3/c20-17(19-13-18(21)9-3-4-10-18)12-22-16-8-7-14-5-1-2-6-15(14)11-16/h1-2,5-8,11,21H,3-4,9-10,12-13H2,(H,19,20). The van der Waals surface area contributed by atoms with Crippen LogP contribution in [-0.2, 0) is 4.79 Å². The van der Waals surface area contributed by atoms with Crippen molar-refractivity contribution in [3.63, 3.8) is 0 Å². The summed E-state index contributed by atoms with van der Waals surface area (Å²) >= 11 is 0. The molecule has 1 saturated carbocycles. The van der Waals surface area contributed by atoms with E-state index in [0.717, 1.165) is 36.5 Å². The van der Waals surface area contributed by atoms with Crippen molar-refractivity contribution < 1.29 is 14.6 Å². The van der Waals surface area contributed by atoms with Crippen LogP contribution in [0.3, 0.4) is 0 Å². The minimum absolute atomic E-state index is 0.0333. The van der Waals surface area contributed by atoms with Gasteiger partial charge < -0.3 is 15.2 Å². The van der Waals surface area contributed by atoms with Crippen molar-refractivity contribution in [1.82, 2.24) is 5.32 Å². The van der Waals surface area contributed by atoms with Gasteiger partial charge in [-0.25, -0.2) is 0 Å². The quantitative estimate of drug-likeness (QED) is 0.892. The molecule has 3 rings (SSSR count). The molecule has 1 aliphatic rings. The lowest BCUT2D eigenvalue weighted by Gasteiger charge is -2.22. The van der Waals surface area contributed by atoms with Crippen LogP contribution >= 0.6 is 0 Å². The Kier molecular flexibility index (Phi) is 4.29. The molecule has 2 aromatic rings. The second-order valence-electron chi connectivity index (χ2n) is 6.01. The van der Waals surface area contributed by atoms with Gasteiger partial charge in [-0.05, 0) is 35.7 Å². The van der Waals surface area contributed by atoms with Gasteiger partial charge in [-0.15, -0.1) is 0 Å². The topological polar surface area (TPSA) is 58.6 Å². The van der Waals surface area contributed by atoms with E-state index in [0.29, 0.717) is 12.3 Å². The highest BCUT2D eigenvalue weighted by molar-refractivity contribution is 5.84. The van der Waals surface area contributed by atoms with Gasteiger partial charge in [0.25, 0.3) is 5.91 Å². The Bertz CT molecular complexity index is 662. The van der Waals surface area contributed by atoms with E-state index < -0.39 is 5.60 Å². The van der Waals surface area contributed by atoms with E-state index in [9.17, 15) is 9.90 Å². The van der Waals surface area contributed by atoms with Gasteiger partial charge in [-0.2, -0.15) is 0 Å². The highest BCUT2D eigenvalue weighted by Crippen LogP contribution is 2.28. The van der Waals surface area contributed by atoms with E-state index >= 15 is 0 Å². The monoisotopic (exact) mass is 299 g/mol. The molecule has 4 heteroatoms. The summed E-state index contributed by atoms with van der Waals surface area (Å²) in [5, 5.41) is 15.2. The molecule has 0 atom stereocenters. The molecule has 0 spiro atoms. The number of carbonyl (C=O) groups excluding carboxylic acids is 1. The summed E-state index contributed by atoms with van der Waals surface area (Å²) < 4.78 is 5.53. The third kappa shape index (κ3) is 3.57. The van der Waals surface area contributed by atoms with Gasteiger partial charge in [-0.1, -0.05) is 43.2 Å². The molecule has 0 saturated heterocycles. The van der Waals surface area contributed by atoms with Crippen LogP contribution in [0.5, 0.6) is 5.75 Å². The number of rotatable bonds is 5. The molecule has 1 fully saturated rings. The van der Waals surface area contributed by atoms with Crippen molar-refractivity contribution >= 4 is 16.7 Å². The van der Waals surface area contributed by atoms with Crippen LogP contribution in [0.2, 0.25) is 0 Å². The highest BCUT2D eigenvalue weighted by Gasteiger charge is 2.31. The lowest BCUT2D eigenvalue weighted by atomic mass is 10.0. The van der Waals surface area contributed by atoms with E-state index in [-0.39, 0.29) is 12.5 Å². The van der Waals surface area contributed by atoms with E-state index in [1.165, 1.54) is 0 Å². The van der Waals surface area contributed by atoms with Crippen LogP contribution in [-0.4, -0.2) is 29.8 Å². The summed E-state index contributed by atoms with van der Waals surface area (Å²) in [6.45, 7) is 0.279. The lowest BCUT2D eigenvalue weighted by Crippen LogP contribution is -2.42. The average Bonchev–Trinajstić information content (AvgIpc) is 2.98. The molecule has 0 aromatic heterocycles. The molecule has 0 bridgehead atoms. The van der Waals surface area contributed by atoms with Gasteiger partial charge >= 0.3 is 0 Å². The molecular formula is C18H21NO3. The number of carbonyl (C=O) groups is 1. The normalized spacial score (nSPS) is 16.6. The van der Waals surface area contributed by atoms with E-state index in [4.69, 9.17) is 4.74 Å². The highest BCUT2D eigenvalue weighted by atomic mass is 16.5. The number of ether oxygens (including phenoxy) is 1. The fraction of sp³-hybridized carbons (Fsp3) is 0.389. The van der Waals surface area contributed by atoms with Gasteiger partial charge in [0, 0.05) is 6.54 Å². The summed E-state index contributed by atoms with van der Waals surface area (Å²) in [5.74, 6) is 0.474. The smallest absolute Gasteiger partial charge is 0.258 e. The van der Waals surface area contributed by atoms with Crippen molar-refractivity contribution in [2.75, 3.05) is 13.2 Å². The summed E-state index contributed by atoms with van der Waals surface area (Å²) in [6, 6.07) is 13.8. The molecule has 0 radical (unpaired) electrons. The Balaban J connectivity index is 1.51. The Morgan fingerprint density at radius 1 is 1.14 bits per heavy atom. The third-order valence-corrected chi connectivity index (χ3v) is 4.24. The first-order valence-electron chi connectivity index (χ1n) is 7.75. The zero-order valence-corrected chi connectivity index (χ0v) is 12.5. The summed E-state index contributed by atoms with van der Waals surface area (Å²) in [5.41, 5.74) is -0.724. The van der Waals surface area contributed by atoms with Crippen molar-refractivity contribution in [2.24, 2.45) is 0 Å². The van der Waals surface area contributed by atoms with Crippen LogP contribution in [0.15, 0.2) is 42.5 Å². The van der Waals surface area contributed by atoms with Gasteiger partial charge in [0.1, 0.15) is 5.75 Å². The second-order valence-corrected chi connectivity index (χ2v) is 6.01. The number of amides is 1. The maximum absolute atomic E-state index is 11.8. The fourth-order valence-electron chi connectivity index (χ4n) is 2.93. The minimum Gasteiger partial charge on any atom is -0.484 e. The van der Waals surface area contributed by atoms with Crippen molar-refractivity contribution in [3.8, 4) is 5.75 Å². The molecule has 1 aliphatic carbocycles. The fourth-order valence-corrected chi connectivity index (χ4v) is 2.93. The molecular weight excluding hydrogens is 278 g/mol. The lowest BCUT2D eigenvalue weighted by molar-refractivity contribution is -0.124. The third-order valence-electron chi connectivity index (χ3n) is 4.24. The number of hydrogen-bond acceptors (Lipinski definition) is 3. The number of aliphatic hydroxyl groups is 1. The number of benzene rings is 2. The van der Waals surface area contributed by atoms with Gasteiger partial charge in [0.15, 0.2) is 6.61 Å². The SMILES string of the molecule is O=C(COc1ccc2ccccc2c1)NCC1(O)CCCC1. The molecule has 1 amide bonds. The first-order chi connectivity index (χ1) is 10.6. The van der Waals surface area contributed by atoms with Crippen molar-refractivity contribution in [1.29, 1.82) is 0 Å². The molecule has 116 valence electrons. The van der Waals surface area contributed by atoms with Crippen LogP contribution in [0, 0.1) is 0 Å². The zero-order chi connectivity index (χ0) is 15.4. The van der Waals surface area contributed by atoms with Crippen LogP contribution in [0.4, 0.5) is 0 Å². The van der Waals surface area contributed by atoms with Gasteiger partial charge in [-0.3, -0.25) is 4.79 Å². The van der Waals surface area contributed by atoms with Crippen LogP contribution < -0.4 is 10.1 Å². The Morgan fingerprint density at radius 3 is 2.64 bits per heavy atom. The van der Waals surface area contributed by atoms with Crippen molar-refractivity contribution in [3.05, 3.63) is 42.5 Å². The summed E-state index contributed by atoms with van der Waals surface area (Å²) in [6.07, 6.45) is 3.58. The Hall–Kier alpha value is -2.07. The van der Waals surface area contributed by atoms with E-state index in [1.807, 2.05) is 42.5 Å². The first kappa shape index (κ1) is 14.9. The molecule has 2 N–H and O–H groups in total. The van der Waals surface area contributed by atoms with Crippen molar-refractivity contribution in [2.45, 2.75) is 31.3 Å². The van der Waals surface area contributed by atoms with Crippen LogP contribution in [0.25, 0.3) is 10.8 Å². The molecule has 22 heavy (non-hydrogen) atoms. The minimum atomic E-state index is -0.724. The zero-order valence-electron chi connectivity index (χ0n) is 12.5. The van der Waals surface area contributed by atoms with Gasteiger partial charge in [0.2, 0.25) is 0 Å². The molecule has 0 unspecified atom stereocenters. The molecule has 0 heterocycles.